The molecule has 0 saturated carbocycles. The lowest BCUT2D eigenvalue weighted by Gasteiger charge is -2.12. The van der Waals surface area contributed by atoms with Gasteiger partial charge in [0.15, 0.2) is 5.58 Å². The molecule has 0 radical (unpaired) electrons. The highest BCUT2D eigenvalue weighted by Crippen LogP contribution is 2.22. The lowest BCUT2D eigenvalue weighted by atomic mass is 10.2. The number of carbonyl (C=O) groups is 1. The molecule has 1 N–H and O–H groups in total. The van der Waals surface area contributed by atoms with E-state index in [1.54, 1.807) is 41.0 Å². The van der Waals surface area contributed by atoms with Gasteiger partial charge in [-0.3, -0.25) is 9.36 Å². The van der Waals surface area contributed by atoms with Gasteiger partial charge in [0.05, 0.1) is 17.7 Å². The number of rotatable bonds is 10. The number of anilines is 1. The third-order valence-corrected chi connectivity index (χ3v) is 4.52. The zero-order valence-electron chi connectivity index (χ0n) is 17.5. The van der Waals surface area contributed by atoms with Crippen LogP contribution in [0.3, 0.4) is 0 Å². The van der Waals surface area contributed by atoms with Crippen molar-refractivity contribution in [1.29, 1.82) is 0 Å². The van der Waals surface area contributed by atoms with Gasteiger partial charge in [0, 0.05) is 25.4 Å². The first-order valence-corrected chi connectivity index (χ1v) is 9.88. The van der Waals surface area contributed by atoms with E-state index < -0.39 is 5.76 Å². The number of hydrogen-bond donors (Lipinski definition) is 1. The molecule has 0 unspecified atom stereocenters. The Balaban J connectivity index is 1.78. The van der Waals surface area contributed by atoms with E-state index in [1.807, 2.05) is 32.0 Å². The molecule has 0 saturated heterocycles. The third-order valence-electron chi connectivity index (χ3n) is 4.52. The van der Waals surface area contributed by atoms with E-state index in [0.717, 1.165) is 0 Å². The molecule has 0 bridgehead atoms. The van der Waals surface area contributed by atoms with Crippen molar-refractivity contribution in [3.8, 4) is 5.75 Å². The number of fused-ring (bicyclic) bond motifs is 1. The van der Waals surface area contributed by atoms with E-state index in [1.165, 1.54) is 0 Å². The Hall–Kier alpha value is -3.10. The lowest BCUT2D eigenvalue weighted by Crippen LogP contribution is -2.23. The first-order valence-electron chi connectivity index (χ1n) is 9.88. The number of ether oxygens (including phenoxy) is 2. The highest BCUT2D eigenvalue weighted by molar-refractivity contribution is 6.06. The normalized spacial score (nSPS) is 11.2. The van der Waals surface area contributed by atoms with E-state index in [9.17, 15) is 9.59 Å². The predicted molar refractivity (Wildman–Crippen MR) is 115 cm³/mol. The second kappa shape index (κ2) is 10.1. The van der Waals surface area contributed by atoms with Gasteiger partial charge >= 0.3 is 5.76 Å². The molecule has 0 aliphatic carbocycles. The monoisotopic (exact) mass is 413 g/mol. The number of nitrogens with zero attached hydrogens (tertiary/aromatic N) is 2. The van der Waals surface area contributed by atoms with Crippen LogP contribution in [0, 0.1) is 0 Å². The molecule has 1 amide bonds. The highest BCUT2D eigenvalue weighted by atomic mass is 16.5. The average molecular weight is 413 g/mol. The summed E-state index contributed by atoms with van der Waals surface area (Å²) in [5.74, 6) is -0.225. The summed E-state index contributed by atoms with van der Waals surface area (Å²) in [6.07, 6.45) is 0. The minimum atomic E-state index is -0.414. The number of benzene rings is 2. The van der Waals surface area contributed by atoms with Crippen molar-refractivity contribution in [2.45, 2.75) is 13.5 Å². The molecule has 160 valence electrons. The van der Waals surface area contributed by atoms with Crippen LogP contribution in [0.1, 0.15) is 17.3 Å². The van der Waals surface area contributed by atoms with Gasteiger partial charge in [-0.25, -0.2) is 4.79 Å². The zero-order chi connectivity index (χ0) is 21.5. The number of carbonyl (C=O) groups excluding carboxylic acids is 1. The standard InChI is InChI=1S/C22H27N3O5/c1-4-28-13-14-29-19-8-6-5-7-17(19)21(26)23-16-9-10-20-18(15-16)25(22(27)30-20)12-11-24(2)3/h5-10,15H,4,11-14H2,1-3H3,(H,23,26). The molecule has 0 spiro atoms. The molecule has 0 aliphatic heterocycles. The fourth-order valence-corrected chi connectivity index (χ4v) is 2.99. The van der Waals surface area contributed by atoms with Gasteiger partial charge in [-0.15, -0.1) is 0 Å². The number of hydrogen-bond acceptors (Lipinski definition) is 6. The van der Waals surface area contributed by atoms with Crippen molar-refractivity contribution in [3.63, 3.8) is 0 Å². The molecular weight excluding hydrogens is 386 g/mol. The number of para-hydroxylation sites is 1. The number of oxazole rings is 1. The van der Waals surface area contributed by atoms with Crippen molar-refractivity contribution in [3.05, 3.63) is 58.6 Å². The predicted octanol–water partition coefficient (Wildman–Crippen LogP) is 2.82. The van der Waals surface area contributed by atoms with Crippen LogP contribution < -0.4 is 15.8 Å². The summed E-state index contributed by atoms with van der Waals surface area (Å²) in [4.78, 5) is 27.0. The van der Waals surface area contributed by atoms with Crippen molar-refractivity contribution in [2.24, 2.45) is 0 Å². The maximum absolute atomic E-state index is 12.8. The second-order valence-corrected chi connectivity index (χ2v) is 7.00. The van der Waals surface area contributed by atoms with Gasteiger partial charge in [-0.2, -0.15) is 0 Å². The molecule has 1 aromatic heterocycles. The van der Waals surface area contributed by atoms with E-state index in [0.29, 0.717) is 61.0 Å². The Morgan fingerprint density at radius 1 is 1.17 bits per heavy atom. The molecule has 8 nitrogen and oxygen atoms in total. The van der Waals surface area contributed by atoms with Crippen LogP contribution in [0.4, 0.5) is 5.69 Å². The third kappa shape index (κ3) is 5.28. The summed E-state index contributed by atoms with van der Waals surface area (Å²) < 4.78 is 17.8. The van der Waals surface area contributed by atoms with Crippen LogP contribution in [-0.4, -0.2) is 55.8 Å². The van der Waals surface area contributed by atoms with Crippen LogP contribution in [0.15, 0.2) is 51.7 Å². The van der Waals surface area contributed by atoms with Crippen molar-refractivity contribution in [1.82, 2.24) is 9.47 Å². The van der Waals surface area contributed by atoms with Crippen molar-refractivity contribution in [2.75, 3.05) is 45.8 Å². The van der Waals surface area contributed by atoms with Crippen molar-refractivity contribution >= 4 is 22.7 Å². The van der Waals surface area contributed by atoms with Gasteiger partial charge in [0.1, 0.15) is 12.4 Å². The summed E-state index contributed by atoms with van der Waals surface area (Å²) in [6.45, 7) is 4.52. The molecule has 1 heterocycles. The molecule has 0 aliphatic rings. The van der Waals surface area contributed by atoms with E-state index >= 15 is 0 Å². The van der Waals surface area contributed by atoms with E-state index in [2.05, 4.69) is 5.32 Å². The topological polar surface area (TPSA) is 85.9 Å². The second-order valence-electron chi connectivity index (χ2n) is 7.00. The first-order chi connectivity index (χ1) is 14.5. The fourth-order valence-electron chi connectivity index (χ4n) is 2.99. The minimum Gasteiger partial charge on any atom is -0.490 e. The smallest absolute Gasteiger partial charge is 0.419 e. The van der Waals surface area contributed by atoms with Gasteiger partial charge < -0.3 is 24.1 Å². The van der Waals surface area contributed by atoms with Crippen LogP contribution >= 0.6 is 0 Å². The van der Waals surface area contributed by atoms with Gasteiger partial charge in [-0.1, -0.05) is 12.1 Å². The van der Waals surface area contributed by atoms with Crippen LogP contribution in [0.5, 0.6) is 5.75 Å². The maximum atomic E-state index is 12.8. The molecular formula is C22H27N3O5. The summed E-state index contributed by atoms with van der Waals surface area (Å²) in [5, 5.41) is 2.88. The summed E-state index contributed by atoms with van der Waals surface area (Å²) in [7, 11) is 3.87. The molecule has 0 atom stereocenters. The average Bonchev–Trinajstić information content (AvgIpc) is 3.04. The summed E-state index contributed by atoms with van der Waals surface area (Å²) in [5.41, 5.74) is 2.11. The molecule has 0 fully saturated rings. The lowest BCUT2D eigenvalue weighted by molar-refractivity contribution is 0.0998. The summed E-state index contributed by atoms with van der Waals surface area (Å²) in [6, 6.07) is 12.2. The Labute approximate surface area is 175 Å². The molecule has 8 heteroatoms. The number of nitrogens with one attached hydrogen (secondary N) is 1. The van der Waals surface area contributed by atoms with Crippen LogP contribution in [0.25, 0.3) is 11.1 Å². The Kier molecular flexibility index (Phi) is 7.26. The van der Waals surface area contributed by atoms with E-state index in [4.69, 9.17) is 13.9 Å². The Morgan fingerprint density at radius 3 is 2.73 bits per heavy atom. The highest BCUT2D eigenvalue weighted by Gasteiger charge is 2.15. The largest absolute Gasteiger partial charge is 0.490 e. The van der Waals surface area contributed by atoms with Gasteiger partial charge in [0.2, 0.25) is 0 Å². The molecule has 3 rings (SSSR count). The maximum Gasteiger partial charge on any atom is 0.419 e. The number of likely N-dealkylation sites (N-methyl/N-ethyl adjacent to an activating group) is 1. The zero-order valence-corrected chi connectivity index (χ0v) is 17.5. The molecule has 2 aromatic carbocycles. The molecule has 3 aromatic rings. The molecule has 30 heavy (non-hydrogen) atoms. The Morgan fingerprint density at radius 2 is 1.97 bits per heavy atom. The summed E-state index contributed by atoms with van der Waals surface area (Å²) >= 11 is 0. The first kappa shape index (κ1) is 21.6. The fraction of sp³-hybridized carbons (Fsp3) is 0.364. The SMILES string of the molecule is CCOCCOc1ccccc1C(=O)Nc1ccc2oc(=O)n(CCN(C)C)c2c1. The van der Waals surface area contributed by atoms with Gasteiger partial charge in [-0.05, 0) is 51.4 Å². The number of aromatic nitrogens is 1. The Bertz CT molecular complexity index is 1050. The van der Waals surface area contributed by atoms with Crippen LogP contribution in [-0.2, 0) is 11.3 Å². The van der Waals surface area contributed by atoms with Crippen LogP contribution in [0.2, 0.25) is 0 Å². The number of amides is 1. The quantitative estimate of drug-likeness (QED) is 0.515. The van der Waals surface area contributed by atoms with Crippen molar-refractivity contribution < 1.29 is 18.7 Å². The van der Waals surface area contributed by atoms with E-state index in [-0.39, 0.29) is 5.91 Å². The minimum absolute atomic E-state index is 0.299. The van der Waals surface area contributed by atoms with Gasteiger partial charge in [0.25, 0.3) is 5.91 Å².